The van der Waals surface area contributed by atoms with Gasteiger partial charge in [0.2, 0.25) is 0 Å². The molecule has 0 spiro atoms. The van der Waals surface area contributed by atoms with Crippen molar-refractivity contribution in [1.29, 1.82) is 5.26 Å². The van der Waals surface area contributed by atoms with Gasteiger partial charge in [0.05, 0.1) is 24.0 Å². The second kappa shape index (κ2) is 5.92. The van der Waals surface area contributed by atoms with E-state index in [1.54, 1.807) is 30.3 Å². The Morgan fingerprint density at radius 1 is 1.10 bits per heavy atom. The summed E-state index contributed by atoms with van der Waals surface area (Å²) in [7, 11) is 1.54. The Balaban J connectivity index is 2.41. The molecule has 4 N–H and O–H groups in total. The van der Waals surface area contributed by atoms with E-state index in [1.807, 2.05) is 13.0 Å². The maximum absolute atomic E-state index is 9.07. The lowest BCUT2D eigenvalue weighted by Gasteiger charge is -2.07. The van der Waals surface area contributed by atoms with Crippen molar-refractivity contribution < 1.29 is 4.74 Å². The van der Waals surface area contributed by atoms with E-state index in [0.717, 1.165) is 5.56 Å². The van der Waals surface area contributed by atoms with E-state index in [9.17, 15) is 0 Å². The molecule has 2 rings (SSSR count). The monoisotopic (exact) mass is 281 g/mol. The molecule has 0 saturated heterocycles. The SMILES string of the molecule is COc1cc(N=Nc2ccc(N)cc2C#N)c(C)cc1N. The van der Waals surface area contributed by atoms with Crippen molar-refractivity contribution in [1.82, 2.24) is 0 Å². The first kappa shape index (κ1) is 14.3. The second-order valence-corrected chi connectivity index (χ2v) is 4.47. The second-order valence-electron chi connectivity index (χ2n) is 4.47. The number of nitrogens with two attached hydrogens (primary N) is 2. The number of nitrogen functional groups attached to an aromatic ring is 2. The van der Waals surface area contributed by atoms with Crippen LogP contribution >= 0.6 is 0 Å². The minimum Gasteiger partial charge on any atom is -0.495 e. The molecule has 106 valence electrons. The van der Waals surface area contributed by atoms with Crippen LogP contribution in [0.25, 0.3) is 0 Å². The molecule has 0 fully saturated rings. The Kier molecular flexibility index (Phi) is 4.05. The van der Waals surface area contributed by atoms with Crippen molar-refractivity contribution in [3.05, 3.63) is 41.5 Å². The highest BCUT2D eigenvalue weighted by atomic mass is 16.5. The van der Waals surface area contributed by atoms with E-state index < -0.39 is 0 Å². The molecule has 0 aliphatic carbocycles. The van der Waals surface area contributed by atoms with Gasteiger partial charge in [0, 0.05) is 11.8 Å². The number of benzene rings is 2. The van der Waals surface area contributed by atoms with Crippen molar-refractivity contribution in [2.75, 3.05) is 18.6 Å². The van der Waals surface area contributed by atoms with Gasteiger partial charge >= 0.3 is 0 Å². The first-order valence-corrected chi connectivity index (χ1v) is 6.20. The average molecular weight is 281 g/mol. The molecule has 2 aromatic carbocycles. The van der Waals surface area contributed by atoms with Crippen molar-refractivity contribution in [3.8, 4) is 11.8 Å². The molecule has 0 atom stereocenters. The topological polar surface area (TPSA) is 110 Å². The van der Waals surface area contributed by atoms with Gasteiger partial charge in [0.1, 0.15) is 17.5 Å². The summed E-state index contributed by atoms with van der Waals surface area (Å²) >= 11 is 0. The molecule has 0 aliphatic rings. The van der Waals surface area contributed by atoms with Crippen molar-refractivity contribution in [2.45, 2.75) is 6.92 Å². The molecule has 0 saturated carbocycles. The zero-order chi connectivity index (χ0) is 15.4. The Morgan fingerprint density at radius 3 is 2.48 bits per heavy atom. The Bertz CT molecular complexity index is 746. The summed E-state index contributed by atoms with van der Waals surface area (Å²) in [6.45, 7) is 1.87. The van der Waals surface area contributed by atoms with Crippen LogP contribution < -0.4 is 16.2 Å². The number of nitrogens with zero attached hydrogens (tertiary/aromatic N) is 3. The van der Waals surface area contributed by atoms with E-state index in [1.165, 1.54) is 7.11 Å². The van der Waals surface area contributed by atoms with Crippen LogP contribution in [0, 0.1) is 18.3 Å². The summed E-state index contributed by atoms with van der Waals surface area (Å²) in [5.74, 6) is 0.535. The predicted octanol–water partition coefficient (Wildman–Crippen LogP) is 3.46. The summed E-state index contributed by atoms with van der Waals surface area (Å²) in [5.41, 5.74) is 14.8. The molecule has 0 aliphatic heterocycles. The summed E-state index contributed by atoms with van der Waals surface area (Å²) in [5, 5.41) is 17.3. The largest absolute Gasteiger partial charge is 0.495 e. The van der Waals surface area contributed by atoms with E-state index in [2.05, 4.69) is 10.2 Å². The van der Waals surface area contributed by atoms with Crippen molar-refractivity contribution >= 4 is 22.7 Å². The third-order valence-corrected chi connectivity index (χ3v) is 2.95. The Labute approximate surface area is 122 Å². The summed E-state index contributed by atoms with van der Waals surface area (Å²) in [6, 6.07) is 10.4. The highest BCUT2D eigenvalue weighted by Crippen LogP contribution is 2.32. The molecule has 0 radical (unpaired) electrons. The Hall–Kier alpha value is -3.07. The molecule has 0 unspecified atom stereocenters. The van der Waals surface area contributed by atoms with Gasteiger partial charge in [-0.3, -0.25) is 0 Å². The highest BCUT2D eigenvalue weighted by Gasteiger charge is 2.06. The number of ether oxygens (including phenoxy) is 1. The van der Waals surface area contributed by atoms with Crippen LogP contribution in [0.15, 0.2) is 40.6 Å². The van der Waals surface area contributed by atoms with E-state index >= 15 is 0 Å². The lowest BCUT2D eigenvalue weighted by atomic mass is 10.1. The van der Waals surface area contributed by atoms with Crippen LogP contribution in [-0.2, 0) is 0 Å². The van der Waals surface area contributed by atoms with Crippen LogP contribution in [0.4, 0.5) is 22.7 Å². The summed E-state index contributed by atoms with van der Waals surface area (Å²) in [6.07, 6.45) is 0. The Morgan fingerprint density at radius 2 is 1.81 bits per heavy atom. The number of aryl methyl sites for hydroxylation is 1. The predicted molar refractivity (Wildman–Crippen MR) is 81.9 cm³/mol. The van der Waals surface area contributed by atoms with Gasteiger partial charge < -0.3 is 16.2 Å². The third-order valence-electron chi connectivity index (χ3n) is 2.95. The van der Waals surface area contributed by atoms with Crippen LogP contribution in [0.5, 0.6) is 5.75 Å². The fourth-order valence-electron chi connectivity index (χ4n) is 1.82. The summed E-state index contributed by atoms with van der Waals surface area (Å²) < 4.78 is 5.16. The average Bonchev–Trinajstić information content (AvgIpc) is 2.47. The first-order valence-electron chi connectivity index (χ1n) is 6.20. The van der Waals surface area contributed by atoms with Crippen LogP contribution in [-0.4, -0.2) is 7.11 Å². The first-order chi connectivity index (χ1) is 10.0. The van der Waals surface area contributed by atoms with Gasteiger partial charge in [-0.15, -0.1) is 5.11 Å². The molecular formula is C15H15N5O. The number of nitriles is 1. The van der Waals surface area contributed by atoms with Gasteiger partial charge in [0.25, 0.3) is 0 Å². The number of hydrogen-bond acceptors (Lipinski definition) is 6. The van der Waals surface area contributed by atoms with Gasteiger partial charge in [0.15, 0.2) is 0 Å². The number of methoxy groups -OCH3 is 1. The van der Waals surface area contributed by atoms with Crippen LogP contribution in [0.3, 0.4) is 0 Å². The minimum absolute atomic E-state index is 0.374. The number of anilines is 2. The fraction of sp³-hybridized carbons (Fsp3) is 0.133. The zero-order valence-electron chi connectivity index (χ0n) is 11.8. The fourth-order valence-corrected chi connectivity index (χ4v) is 1.82. The highest BCUT2D eigenvalue weighted by molar-refractivity contribution is 5.64. The minimum atomic E-state index is 0.374. The molecule has 0 bridgehead atoms. The molecule has 0 heterocycles. The lowest BCUT2D eigenvalue weighted by Crippen LogP contribution is -1.92. The summed E-state index contributed by atoms with van der Waals surface area (Å²) in [4.78, 5) is 0. The molecule has 0 amide bonds. The number of rotatable bonds is 3. The van der Waals surface area contributed by atoms with Crippen LogP contribution in [0.1, 0.15) is 11.1 Å². The van der Waals surface area contributed by atoms with Gasteiger partial charge in [-0.2, -0.15) is 10.4 Å². The van der Waals surface area contributed by atoms with Gasteiger partial charge in [-0.1, -0.05) is 0 Å². The van der Waals surface area contributed by atoms with Crippen LogP contribution in [0.2, 0.25) is 0 Å². The van der Waals surface area contributed by atoms with Gasteiger partial charge in [-0.25, -0.2) is 0 Å². The molecule has 2 aromatic rings. The zero-order valence-corrected chi connectivity index (χ0v) is 11.8. The van der Waals surface area contributed by atoms with Crippen molar-refractivity contribution in [3.63, 3.8) is 0 Å². The quantitative estimate of drug-likeness (QED) is 0.663. The van der Waals surface area contributed by atoms with E-state index in [-0.39, 0.29) is 0 Å². The lowest BCUT2D eigenvalue weighted by molar-refractivity contribution is 0.417. The molecule has 6 nitrogen and oxygen atoms in total. The number of hydrogen-bond donors (Lipinski definition) is 2. The van der Waals surface area contributed by atoms with E-state index in [4.69, 9.17) is 21.5 Å². The normalized spacial score (nSPS) is 10.5. The molecular weight excluding hydrogens is 266 g/mol. The van der Waals surface area contributed by atoms with Gasteiger partial charge in [-0.05, 0) is 36.8 Å². The molecule has 0 aromatic heterocycles. The number of azo groups is 1. The molecule has 21 heavy (non-hydrogen) atoms. The maximum Gasteiger partial charge on any atom is 0.143 e. The van der Waals surface area contributed by atoms with E-state index in [0.29, 0.717) is 34.1 Å². The maximum atomic E-state index is 9.07. The smallest absolute Gasteiger partial charge is 0.143 e. The third kappa shape index (κ3) is 3.09. The molecule has 6 heteroatoms. The standard InChI is InChI=1S/C15H15N5O/c1-9-5-12(18)15(21-2)7-14(9)20-19-13-4-3-11(17)6-10(13)8-16/h3-7H,17-18H2,1-2H3. The van der Waals surface area contributed by atoms with Crippen molar-refractivity contribution in [2.24, 2.45) is 10.2 Å².